The number of likely N-dealkylation sites (N-methyl/N-ethyl adjacent to an activating group) is 1. The molecule has 2 aromatic carbocycles. The van der Waals surface area contributed by atoms with Gasteiger partial charge >= 0.3 is 25.0 Å². The zero-order valence-corrected chi connectivity index (χ0v) is 66.0. The first-order valence-electron chi connectivity index (χ1n) is 37.8. The molecular weight excluding hydrogens is 1380 g/mol. The second-order valence-electron chi connectivity index (χ2n) is 31.9. The molecule has 5 fully saturated rings. The third-order valence-corrected chi connectivity index (χ3v) is 20.6. The van der Waals surface area contributed by atoms with E-state index in [2.05, 4.69) is 25.6 Å². The van der Waals surface area contributed by atoms with E-state index >= 15 is 0 Å². The fourth-order valence-corrected chi connectivity index (χ4v) is 13.7. The number of hydrogen-bond donors (Lipinski definition) is 2. The topological polar surface area (TPSA) is 297 Å². The second-order valence-corrected chi connectivity index (χ2v) is 31.9. The Balaban J connectivity index is 0.000000286. The van der Waals surface area contributed by atoms with Gasteiger partial charge in [-0.1, -0.05) is 79.7 Å². The molecule has 3 aromatic heterocycles. The molecule has 5 saturated heterocycles. The number of hydrogen-bond acceptors (Lipinski definition) is 16. The van der Waals surface area contributed by atoms with E-state index in [4.69, 9.17) is 18.9 Å². The first kappa shape index (κ1) is 89.0. The van der Waals surface area contributed by atoms with Crippen molar-refractivity contribution in [1.82, 2.24) is 63.8 Å². The van der Waals surface area contributed by atoms with Crippen molar-refractivity contribution in [3.05, 3.63) is 126 Å². The fraction of sp³-hybridized carbons (Fsp3) is 0.633. The maximum atomic E-state index is 14.3. The molecule has 590 valence electrons. The van der Waals surface area contributed by atoms with Crippen molar-refractivity contribution in [2.24, 2.45) is 16.7 Å². The average molecular weight is 1500 g/mol. The van der Waals surface area contributed by atoms with Crippen molar-refractivity contribution in [1.29, 1.82) is 0 Å². The first-order valence-corrected chi connectivity index (χ1v) is 37.8. The molecular formula is C79H115F2LiN13O13-. The van der Waals surface area contributed by atoms with Gasteiger partial charge in [-0.15, -0.1) is 6.20 Å². The van der Waals surface area contributed by atoms with E-state index in [-0.39, 0.29) is 102 Å². The Morgan fingerprint density at radius 2 is 0.944 bits per heavy atom. The number of halogens is 2. The Morgan fingerprint density at radius 3 is 1.30 bits per heavy atom. The van der Waals surface area contributed by atoms with Gasteiger partial charge in [0.2, 0.25) is 23.6 Å². The van der Waals surface area contributed by atoms with Crippen molar-refractivity contribution in [2.75, 3.05) is 86.0 Å². The molecule has 0 unspecified atom stereocenters. The predicted octanol–water partition coefficient (Wildman–Crippen LogP) is 6.98. The van der Waals surface area contributed by atoms with Crippen LogP contribution >= 0.6 is 0 Å². The van der Waals surface area contributed by atoms with Gasteiger partial charge in [-0.3, -0.25) is 38.7 Å². The normalized spacial score (nSPS) is 18.4. The Labute approximate surface area is 647 Å². The quantitative estimate of drug-likeness (QED) is 0.0465. The van der Waals surface area contributed by atoms with Gasteiger partial charge in [-0.25, -0.2) is 23.5 Å². The summed E-state index contributed by atoms with van der Waals surface area (Å²) in [5.74, 6) is -2.19. The SMILES string of the molecule is CC[C@@H](C)C(=O)N[C@H](C(=O)N1CCC[C@H]1CN(CCc1ccc(F)cc1)C(=O)c1cn(C2CCOCC2)cn1)C(C)(C)C.C[C@@H](C(=O)N[C@H](C(=O)N1CCC[C@H]1CN(CCc1ccc(F)cc1)C(=O)c1cn(C2CCOCC2)cn1)C(C)(C)C)N(C)C(=O)OC(C)(C)C.O=[C-]c1cn(C2CCOCC2)cn1.[Li+].[OH-]. The van der Waals surface area contributed by atoms with Crippen LogP contribution in [0.1, 0.15) is 210 Å². The summed E-state index contributed by atoms with van der Waals surface area (Å²) in [6, 6.07) is 10.5. The van der Waals surface area contributed by atoms with Crippen molar-refractivity contribution >= 4 is 47.8 Å². The van der Waals surface area contributed by atoms with Crippen molar-refractivity contribution < 1.29 is 90.4 Å². The number of benzene rings is 2. The van der Waals surface area contributed by atoms with Crippen LogP contribution in [0.5, 0.6) is 0 Å². The van der Waals surface area contributed by atoms with Gasteiger partial charge in [0.25, 0.3) is 11.8 Å². The molecule has 108 heavy (non-hydrogen) atoms. The largest absolute Gasteiger partial charge is 1.00 e. The van der Waals surface area contributed by atoms with Gasteiger partial charge in [-0.05, 0) is 163 Å². The van der Waals surface area contributed by atoms with Gasteiger partial charge in [0.05, 0.1) is 19.0 Å². The number of nitrogens with zero attached hydrogens (tertiary/aromatic N) is 11. The molecule has 5 aliphatic rings. The minimum atomic E-state index is -0.891. The van der Waals surface area contributed by atoms with Crippen LogP contribution in [0, 0.1) is 28.4 Å². The number of likely N-dealkylation sites (tertiary alicyclic amines) is 2. The minimum absolute atomic E-state index is 0. The monoisotopic (exact) mass is 1500 g/mol. The minimum Gasteiger partial charge on any atom is -0.870 e. The number of imidazole rings is 3. The Bertz CT molecular complexity index is 3680. The summed E-state index contributed by atoms with van der Waals surface area (Å²) < 4.78 is 54.8. The van der Waals surface area contributed by atoms with Crippen LogP contribution < -0.4 is 29.5 Å². The number of nitrogens with one attached hydrogen (secondary N) is 2. The third kappa shape index (κ3) is 25.6. The Kier molecular flexibility index (Phi) is 34.0. The standard InChI is InChI=1S/C37H55FN6O6.C33H48FN5O4.C9H11N2O2.Li.H2O/c1-25(41(8)35(48)50-37(5,6)7)32(45)40-31(36(2,3)4)34(47)44-18-9-10-29(44)22-42(19-15-26-11-13-27(38)14-12-26)33(46)30-23-43(24-39-30)28-16-20-49-21-17-28;1-6-23(2)30(40)36-29(33(3,4)5)32(42)39-16-7-8-27(39)20-37(17-13-24-9-11-25(34)12-10-24)31(41)28-21-38(22-35-28)26-14-18-43-19-15-26;12-6-8-5-11(7-10-8)9-1-3-13-4-2-9;;/h11-14,23-25,28-29,31H,9-10,15-22H2,1-8H3,(H,40,45);9-12,21-23,26-27,29H,6-8,13-20H2,1-5H3,(H,36,40);5,7,9H,1-4H2;;1H2/q;;-1;+1;/p-1/t25-,29-,31+;23-,27+,29-;;;/m01.../s1. The van der Waals surface area contributed by atoms with Gasteiger partial charge in [0, 0.05) is 141 Å². The zero-order chi connectivity index (χ0) is 77.0. The van der Waals surface area contributed by atoms with E-state index in [1.54, 1.807) is 104 Å². The fourth-order valence-electron chi connectivity index (χ4n) is 13.7. The van der Waals surface area contributed by atoms with Gasteiger partial charge in [-0.2, -0.15) is 0 Å². The molecule has 7 amide bonds. The summed E-state index contributed by atoms with van der Waals surface area (Å²) in [5, 5.41) is 5.96. The molecule has 0 radical (unpaired) electrons. The number of amides is 7. The molecule has 0 spiro atoms. The van der Waals surface area contributed by atoms with Crippen molar-refractivity contribution in [3.63, 3.8) is 0 Å². The van der Waals surface area contributed by atoms with Gasteiger partial charge < -0.3 is 73.2 Å². The molecule has 5 aromatic rings. The van der Waals surface area contributed by atoms with E-state index in [9.17, 15) is 47.1 Å². The average Bonchev–Trinajstić information content (AvgIpc) is 1.68. The molecule has 8 heterocycles. The summed E-state index contributed by atoms with van der Waals surface area (Å²) in [6.07, 6.45) is 21.8. The maximum absolute atomic E-state index is 14.3. The summed E-state index contributed by atoms with van der Waals surface area (Å²) >= 11 is 0. The number of ether oxygens (including phenoxy) is 4. The maximum Gasteiger partial charge on any atom is 1.00 e. The number of rotatable bonds is 24. The summed E-state index contributed by atoms with van der Waals surface area (Å²) in [4.78, 5) is 127. The van der Waals surface area contributed by atoms with E-state index in [1.807, 2.05) is 80.2 Å². The summed E-state index contributed by atoms with van der Waals surface area (Å²) in [6.45, 7) is 29.0. The molecule has 0 aliphatic carbocycles. The smallest absolute Gasteiger partial charge is 0.870 e. The Morgan fingerprint density at radius 1 is 0.574 bits per heavy atom. The van der Waals surface area contributed by atoms with E-state index in [0.717, 1.165) is 82.1 Å². The van der Waals surface area contributed by atoms with Crippen molar-refractivity contribution in [3.8, 4) is 0 Å². The van der Waals surface area contributed by atoms with Crippen LogP contribution in [-0.4, -0.2) is 228 Å². The molecule has 0 saturated carbocycles. The molecule has 26 nitrogen and oxygen atoms in total. The first-order chi connectivity index (χ1) is 50.3. The van der Waals surface area contributed by atoms with E-state index in [1.165, 1.54) is 36.2 Å². The number of carbonyl (C=O) groups excluding carboxylic acids is 8. The molecule has 10 rings (SSSR count). The van der Waals surface area contributed by atoms with Crippen LogP contribution in [0.2, 0.25) is 0 Å². The van der Waals surface area contributed by atoms with Crippen LogP contribution in [0.15, 0.2) is 86.1 Å². The van der Waals surface area contributed by atoms with Gasteiger partial charge in [0.1, 0.15) is 46.7 Å². The van der Waals surface area contributed by atoms with E-state index < -0.39 is 46.6 Å². The van der Waals surface area contributed by atoms with Crippen LogP contribution in [0.4, 0.5) is 13.6 Å². The predicted molar refractivity (Wildman–Crippen MR) is 398 cm³/mol. The van der Waals surface area contributed by atoms with Gasteiger partial charge in [0.15, 0.2) is 0 Å². The van der Waals surface area contributed by atoms with Crippen LogP contribution in [0.25, 0.3) is 0 Å². The molecule has 0 bridgehead atoms. The van der Waals surface area contributed by atoms with Crippen LogP contribution in [-0.2, 0) is 55.8 Å². The molecule has 3 N–H and O–H groups in total. The Hall–Kier alpha value is -7.87. The summed E-state index contributed by atoms with van der Waals surface area (Å²) in [7, 11) is 1.49. The summed E-state index contributed by atoms with van der Waals surface area (Å²) in [5.41, 5.74) is 1.02. The molecule has 29 heteroatoms. The van der Waals surface area contributed by atoms with E-state index in [0.29, 0.717) is 108 Å². The van der Waals surface area contributed by atoms with Crippen molar-refractivity contribution in [2.45, 2.75) is 220 Å². The number of aromatic nitrogens is 6. The third-order valence-electron chi connectivity index (χ3n) is 20.6. The van der Waals surface area contributed by atoms with Crippen LogP contribution in [0.3, 0.4) is 0 Å². The second kappa shape index (κ2) is 41.2. The zero-order valence-electron chi connectivity index (χ0n) is 66.0. The number of carbonyl (C=O) groups is 7. The molecule has 6 atom stereocenters. The molecule has 5 aliphatic heterocycles.